The van der Waals surface area contributed by atoms with E-state index in [0.717, 1.165) is 11.8 Å². The molecule has 2 N–H and O–H groups in total. The second kappa shape index (κ2) is 12.2. The van der Waals surface area contributed by atoms with E-state index in [-0.39, 0.29) is 47.6 Å². The number of rotatable bonds is 7. The average Bonchev–Trinajstić information content (AvgIpc) is 3.40. The van der Waals surface area contributed by atoms with Gasteiger partial charge in [0.05, 0.1) is 31.6 Å². The number of aliphatic hydroxyl groups is 1. The van der Waals surface area contributed by atoms with Gasteiger partial charge in [-0.1, -0.05) is 18.2 Å². The maximum atomic E-state index is 14.4. The molecule has 2 aromatic heterocycles. The fourth-order valence-corrected chi connectivity index (χ4v) is 5.81. The van der Waals surface area contributed by atoms with Crippen molar-refractivity contribution in [3.63, 3.8) is 0 Å². The van der Waals surface area contributed by atoms with Crippen molar-refractivity contribution in [3.8, 4) is 17.0 Å². The van der Waals surface area contributed by atoms with Crippen LogP contribution in [0, 0.1) is 6.92 Å². The molecule has 0 radical (unpaired) electrons. The maximum Gasteiger partial charge on any atom is 0.433 e. The number of halogens is 3. The highest BCUT2D eigenvalue weighted by Gasteiger charge is 2.40. The van der Waals surface area contributed by atoms with Gasteiger partial charge in [-0.3, -0.25) is 14.5 Å². The zero-order valence-corrected chi connectivity index (χ0v) is 24.7. The van der Waals surface area contributed by atoms with Crippen molar-refractivity contribution >= 4 is 23.1 Å². The number of alkyl halides is 3. The van der Waals surface area contributed by atoms with Gasteiger partial charge in [0.25, 0.3) is 5.91 Å². The van der Waals surface area contributed by atoms with E-state index in [9.17, 15) is 27.9 Å². The number of nitrogens with one attached hydrogen (secondary N) is 1. The molecule has 2 amide bonds. The summed E-state index contributed by atoms with van der Waals surface area (Å²) < 4.78 is 48.9. The number of methoxy groups -OCH3 is 1. The Morgan fingerprint density at radius 3 is 2.45 bits per heavy atom. The van der Waals surface area contributed by atoms with Crippen molar-refractivity contribution in [3.05, 3.63) is 77.1 Å². The Morgan fingerprint density at radius 1 is 1.14 bits per heavy atom. The maximum absolute atomic E-state index is 14.4. The van der Waals surface area contributed by atoms with Gasteiger partial charge < -0.3 is 20.1 Å². The molecule has 232 valence electrons. The van der Waals surface area contributed by atoms with Gasteiger partial charge in [-0.25, -0.2) is 9.50 Å². The highest BCUT2D eigenvalue weighted by atomic mass is 19.4. The highest BCUT2D eigenvalue weighted by Crippen LogP contribution is 2.37. The van der Waals surface area contributed by atoms with E-state index in [1.807, 2.05) is 24.0 Å². The Kier molecular flexibility index (Phi) is 8.62. The topological polar surface area (TPSA) is 112 Å². The third-order valence-electron chi connectivity index (χ3n) is 7.91. The largest absolute Gasteiger partial charge is 0.497 e. The zero-order valence-electron chi connectivity index (χ0n) is 24.7. The van der Waals surface area contributed by atoms with Crippen LogP contribution >= 0.6 is 0 Å². The molecule has 1 saturated heterocycles. The molecule has 5 rings (SSSR count). The van der Waals surface area contributed by atoms with Gasteiger partial charge >= 0.3 is 6.18 Å². The third kappa shape index (κ3) is 5.84. The van der Waals surface area contributed by atoms with Crippen molar-refractivity contribution in [2.24, 2.45) is 0 Å². The van der Waals surface area contributed by atoms with Crippen LogP contribution in [-0.2, 0) is 11.0 Å². The van der Waals surface area contributed by atoms with Crippen LogP contribution in [0.15, 0.2) is 54.7 Å². The monoisotopic (exact) mass is 610 g/mol. The predicted molar refractivity (Wildman–Crippen MR) is 157 cm³/mol. The number of aromatic nitrogens is 3. The Morgan fingerprint density at radius 2 is 1.84 bits per heavy atom. The first kappa shape index (κ1) is 31.0. The first-order chi connectivity index (χ1) is 20.9. The average molecular weight is 611 g/mol. The van der Waals surface area contributed by atoms with Crippen LogP contribution in [0.4, 0.5) is 18.9 Å². The minimum atomic E-state index is -4.76. The first-order valence-electron chi connectivity index (χ1n) is 14.1. The first-order valence-corrected chi connectivity index (χ1v) is 14.1. The molecule has 0 spiro atoms. The number of fused-ring (bicyclic) bond motifs is 1. The van der Waals surface area contributed by atoms with Crippen LogP contribution in [0.3, 0.4) is 0 Å². The summed E-state index contributed by atoms with van der Waals surface area (Å²) in [4.78, 5) is 33.8. The van der Waals surface area contributed by atoms with Gasteiger partial charge in [0.2, 0.25) is 5.91 Å². The number of nitrogens with zero attached hydrogens (tertiary/aromatic N) is 5. The van der Waals surface area contributed by atoms with Gasteiger partial charge in [-0.2, -0.15) is 18.3 Å². The zero-order chi connectivity index (χ0) is 31.8. The van der Waals surface area contributed by atoms with Crippen molar-refractivity contribution < 1.29 is 32.6 Å². The molecule has 1 aliphatic heterocycles. The summed E-state index contributed by atoms with van der Waals surface area (Å²) in [6.45, 7) is 5.37. The van der Waals surface area contributed by atoms with Crippen molar-refractivity contribution in [2.75, 3.05) is 38.7 Å². The molecule has 0 saturated carbocycles. The van der Waals surface area contributed by atoms with E-state index >= 15 is 0 Å². The SMILES string of the molecule is COc1ccc(-c2nc3c(C(=O)N4CCN([C@H](CO)c5ccccc5NC(C)=O)C[C@H]4C)cnn3c(C(F)(F)F)c2C)cc1. The fourth-order valence-electron chi connectivity index (χ4n) is 5.81. The molecular weight excluding hydrogens is 577 g/mol. The van der Waals surface area contributed by atoms with Gasteiger partial charge in [-0.05, 0) is 49.7 Å². The van der Waals surface area contributed by atoms with Crippen LogP contribution in [-0.4, -0.2) is 80.7 Å². The Bertz CT molecular complexity index is 1690. The molecular formula is C31H33F3N6O4. The molecule has 3 heterocycles. The lowest BCUT2D eigenvalue weighted by Gasteiger charge is -2.43. The Balaban J connectivity index is 1.47. The number of para-hydroxylation sites is 1. The summed E-state index contributed by atoms with van der Waals surface area (Å²) >= 11 is 0. The summed E-state index contributed by atoms with van der Waals surface area (Å²) in [5.74, 6) is -0.186. The van der Waals surface area contributed by atoms with Gasteiger partial charge in [-0.15, -0.1) is 0 Å². The summed E-state index contributed by atoms with van der Waals surface area (Å²) in [6, 6.07) is 12.9. The van der Waals surface area contributed by atoms with Gasteiger partial charge in [0, 0.05) is 49.4 Å². The Hall–Kier alpha value is -4.49. The number of anilines is 1. The number of piperazine rings is 1. The number of hydrogen-bond donors (Lipinski definition) is 2. The smallest absolute Gasteiger partial charge is 0.433 e. The fraction of sp³-hybridized carbons (Fsp3) is 0.355. The predicted octanol–water partition coefficient (Wildman–Crippen LogP) is 4.57. The van der Waals surface area contributed by atoms with Crippen LogP contribution < -0.4 is 10.1 Å². The lowest BCUT2D eigenvalue weighted by Crippen LogP contribution is -2.55. The highest BCUT2D eigenvalue weighted by molar-refractivity contribution is 6.00. The summed E-state index contributed by atoms with van der Waals surface area (Å²) in [5.41, 5.74) is 0.501. The number of amides is 2. The molecule has 0 aliphatic carbocycles. The molecule has 10 nitrogen and oxygen atoms in total. The van der Waals surface area contributed by atoms with Crippen LogP contribution in [0.25, 0.3) is 16.9 Å². The number of aliphatic hydroxyl groups excluding tert-OH is 1. The third-order valence-corrected chi connectivity index (χ3v) is 7.91. The lowest BCUT2D eigenvalue weighted by molar-refractivity contribution is -0.143. The Labute approximate surface area is 252 Å². The summed E-state index contributed by atoms with van der Waals surface area (Å²) in [7, 11) is 1.49. The number of hydrogen-bond acceptors (Lipinski definition) is 7. The number of benzene rings is 2. The van der Waals surface area contributed by atoms with E-state index in [2.05, 4.69) is 15.4 Å². The lowest BCUT2D eigenvalue weighted by atomic mass is 10.0. The molecule has 1 fully saturated rings. The molecule has 4 aromatic rings. The molecule has 2 aromatic carbocycles. The van der Waals surface area contributed by atoms with Crippen molar-refractivity contribution in [2.45, 2.75) is 39.0 Å². The minimum absolute atomic E-state index is 0.0414. The standard InChI is InChI=1S/C31H33F3N6O4/c1-18-16-38(26(17-41)23-7-5-6-8-25(23)36-20(3)42)13-14-39(18)30(43)24-15-35-40-28(31(32,33)34)19(2)27(37-29(24)40)21-9-11-22(44-4)12-10-21/h5-12,15,18,26,41H,13-14,16-17H2,1-4H3,(H,36,42)/t18-,26-/m1/s1. The molecule has 1 aliphatic rings. The number of carbonyl (C=O) groups is 2. The van der Waals surface area contributed by atoms with Crippen LogP contribution in [0.5, 0.6) is 5.75 Å². The molecule has 13 heteroatoms. The number of carbonyl (C=O) groups excluding carboxylic acids is 2. The van der Waals surface area contributed by atoms with E-state index in [1.165, 1.54) is 21.0 Å². The van der Waals surface area contributed by atoms with Crippen LogP contribution in [0.2, 0.25) is 0 Å². The quantitative estimate of drug-likeness (QED) is 0.315. The molecule has 0 unspecified atom stereocenters. The summed E-state index contributed by atoms with van der Waals surface area (Å²) in [5, 5.41) is 17.1. The molecule has 0 bridgehead atoms. The normalized spacial score (nSPS) is 16.6. The van der Waals surface area contributed by atoms with Crippen LogP contribution in [0.1, 0.15) is 47.1 Å². The van der Waals surface area contributed by atoms with Crippen molar-refractivity contribution in [1.29, 1.82) is 0 Å². The minimum Gasteiger partial charge on any atom is -0.497 e. The van der Waals surface area contributed by atoms with Crippen molar-refractivity contribution in [1.82, 2.24) is 24.4 Å². The summed E-state index contributed by atoms with van der Waals surface area (Å²) in [6.07, 6.45) is -3.62. The van der Waals surface area contributed by atoms with E-state index in [4.69, 9.17) is 4.74 Å². The van der Waals surface area contributed by atoms with Gasteiger partial charge in [0.1, 0.15) is 11.3 Å². The second-order valence-corrected chi connectivity index (χ2v) is 10.8. The van der Waals surface area contributed by atoms with Gasteiger partial charge in [0.15, 0.2) is 11.3 Å². The number of ether oxygens (including phenoxy) is 1. The van der Waals surface area contributed by atoms with E-state index < -0.39 is 23.8 Å². The van der Waals surface area contributed by atoms with E-state index in [0.29, 0.717) is 34.6 Å². The molecule has 2 atom stereocenters. The van der Waals surface area contributed by atoms with E-state index in [1.54, 1.807) is 41.3 Å². The molecule has 44 heavy (non-hydrogen) atoms. The second-order valence-electron chi connectivity index (χ2n) is 10.8.